The number of nitrogens with zero attached hydrogens (tertiary/aromatic N) is 2. The SMILES string of the molecule is COCC(=O)N1CCS[C@]12C(=O)N(Cc1ccccc1Cl)c1ccc(F)cc12. The molecule has 146 valence electrons. The second kappa shape index (κ2) is 7.39. The second-order valence-corrected chi connectivity index (χ2v) is 8.31. The molecule has 0 aliphatic carbocycles. The van der Waals surface area contributed by atoms with Gasteiger partial charge in [-0.15, -0.1) is 11.8 Å². The Bertz CT molecular complexity index is 957. The highest BCUT2D eigenvalue weighted by atomic mass is 35.5. The van der Waals surface area contributed by atoms with Crippen molar-refractivity contribution in [1.29, 1.82) is 0 Å². The number of hydrogen-bond donors (Lipinski definition) is 0. The van der Waals surface area contributed by atoms with Crippen LogP contribution in [-0.2, 0) is 25.7 Å². The number of benzene rings is 2. The average molecular weight is 421 g/mol. The minimum atomic E-state index is -1.27. The molecule has 0 N–H and O–H groups in total. The number of carbonyl (C=O) groups excluding carboxylic acids is 2. The molecule has 0 unspecified atom stereocenters. The number of amides is 2. The lowest BCUT2D eigenvalue weighted by Crippen LogP contribution is -2.51. The van der Waals surface area contributed by atoms with Crippen molar-refractivity contribution < 1.29 is 18.7 Å². The predicted molar refractivity (Wildman–Crippen MR) is 107 cm³/mol. The van der Waals surface area contributed by atoms with Crippen LogP contribution in [0.15, 0.2) is 42.5 Å². The van der Waals surface area contributed by atoms with E-state index in [1.54, 1.807) is 17.0 Å². The Kier molecular flexibility index (Phi) is 5.07. The molecule has 8 heteroatoms. The van der Waals surface area contributed by atoms with E-state index in [4.69, 9.17) is 16.3 Å². The predicted octanol–water partition coefficient (Wildman–Crippen LogP) is 3.40. The molecule has 1 atom stereocenters. The molecule has 2 amide bonds. The largest absolute Gasteiger partial charge is 0.375 e. The quantitative estimate of drug-likeness (QED) is 0.760. The Balaban J connectivity index is 1.81. The molecular weight excluding hydrogens is 403 g/mol. The maximum Gasteiger partial charge on any atom is 0.268 e. The number of anilines is 1. The first kappa shape index (κ1) is 19.2. The van der Waals surface area contributed by atoms with Crippen molar-refractivity contribution in [2.45, 2.75) is 11.4 Å². The third-order valence-electron chi connectivity index (χ3n) is 5.01. The van der Waals surface area contributed by atoms with Crippen LogP contribution >= 0.6 is 23.4 Å². The van der Waals surface area contributed by atoms with E-state index in [1.165, 1.54) is 35.9 Å². The number of hydrogen-bond acceptors (Lipinski definition) is 4. The Morgan fingerprint density at radius 3 is 2.86 bits per heavy atom. The summed E-state index contributed by atoms with van der Waals surface area (Å²) in [4.78, 5) is 28.1. The summed E-state index contributed by atoms with van der Waals surface area (Å²) in [6, 6.07) is 11.5. The van der Waals surface area contributed by atoms with Crippen LogP contribution in [0.2, 0.25) is 5.02 Å². The molecule has 2 aliphatic rings. The monoisotopic (exact) mass is 420 g/mol. The maximum atomic E-state index is 14.1. The number of rotatable bonds is 4. The fourth-order valence-electron chi connectivity index (χ4n) is 3.80. The van der Waals surface area contributed by atoms with Crippen LogP contribution in [0.3, 0.4) is 0 Å². The number of thioether (sulfide) groups is 1. The van der Waals surface area contributed by atoms with Gasteiger partial charge in [0.1, 0.15) is 12.4 Å². The smallest absolute Gasteiger partial charge is 0.268 e. The molecule has 0 aromatic heterocycles. The molecule has 4 rings (SSSR count). The second-order valence-electron chi connectivity index (χ2n) is 6.62. The van der Waals surface area contributed by atoms with Gasteiger partial charge in [0.15, 0.2) is 4.87 Å². The Morgan fingerprint density at radius 1 is 1.32 bits per heavy atom. The summed E-state index contributed by atoms with van der Waals surface area (Å²) in [7, 11) is 1.43. The van der Waals surface area contributed by atoms with Crippen LogP contribution in [0.5, 0.6) is 0 Å². The standard InChI is InChI=1S/C20H18ClFN2O3S/c1-27-12-18(25)24-8-9-28-20(24)15-10-14(22)6-7-17(15)23(19(20)26)11-13-4-2-3-5-16(13)21/h2-7,10H,8-9,11-12H2,1H3/t20-/m1/s1. The average Bonchev–Trinajstić information content (AvgIpc) is 3.21. The number of methoxy groups -OCH3 is 1. The van der Waals surface area contributed by atoms with Gasteiger partial charge in [-0.2, -0.15) is 0 Å². The lowest BCUT2D eigenvalue weighted by Gasteiger charge is -2.33. The van der Waals surface area contributed by atoms with E-state index in [1.807, 2.05) is 18.2 Å². The molecule has 2 aromatic rings. The van der Waals surface area contributed by atoms with Crippen molar-refractivity contribution in [3.63, 3.8) is 0 Å². The first-order valence-electron chi connectivity index (χ1n) is 8.78. The summed E-state index contributed by atoms with van der Waals surface area (Å²) < 4.78 is 19.1. The van der Waals surface area contributed by atoms with E-state index in [0.29, 0.717) is 28.6 Å². The third kappa shape index (κ3) is 2.89. The van der Waals surface area contributed by atoms with Gasteiger partial charge in [-0.1, -0.05) is 29.8 Å². The summed E-state index contributed by atoms with van der Waals surface area (Å²) in [6.45, 7) is 0.505. The van der Waals surface area contributed by atoms with E-state index in [0.717, 1.165) is 5.56 Å². The molecule has 1 saturated heterocycles. The zero-order chi connectivity index (χ0) is 19.9. The molecular formula is C20H18ClFN2O3S. The zero-order valence-corrected chi connectivity index (χ0v) is 16.7. The summed E-state index contributed by atoms with van der Waals surface area (Å²) in [6.07, 6.45) is 0. The molecule has 1 fully saturated rings. The fourth-order valence-corrected chi connectivity index (χ4v) is 5.46. The van der Waals surface area contributed by atoms with Gasteiger partial charge in [-0.25, -0.2) is 4.39 Å². The van der Waals surface area contributed by atoms with Gasteiger partial charge < -0.3 is 14.5 Å². The van der Waals surface area contributed by atoms with Crippen molar-refractivity contribution in [2.24, 2.45) is 0 Å². The van der Waals surface area contributed by atoms with Crippen molar-refractivity contribution in [2.75, 3.05) is 30.9 Å². The third-order valence-corrected chi connectivity index (χ3v) is 6.80. The van der Waals surface area contributed by atoms with Gasteiger partial charge in [0.05, 0.1) is 12.2 Å². The lowest BCUT2D eigenvalue weighted by molar-refractivity contribution is -0.143. The highest BCUT2D eigenvalue weighted by molar-refractivity contribution is 8.01. The molecule has 0 radical (unpaired) electrons. The van der Waals surface area contributed by atoms with Crippen LogP contribution in [-0.4, -0.2) is 42.7 Å². The van der Waals surface area contributed by atoms with Crippen molar-refractivity contribution >= 4 is 40.9 Å². The van der Waals surface area contributed by atoms with Gasteiger partial charge in [-0.3, -0.25) is 9.59 Å². The van der Waals surface area contributed by atoms with Gasteiger partial charge in [-0.05, 0) is 29.8 Å². The van der Waals surface area contributed by atoms with Crippen molar-refractivity contribution in [3.8, 4) is 0 Å². The number of ether oxygens (including phenoxy) is 1. The van der Waals surface area contributed by atoms with Crippen LogP contribution in [0.4, 0.5) is 10.1 Å². The Labute approximate surface area is 171 Å². The normalized spacial score (nSPS) is 20.9. The molecule has 2 heterocycles. The number of halogens is 2. The maximum absolute atomic E-state index is 14.1. The number of fused-ring (bicyclic) bond motifs is 2. The highest BCUT2D eigenvalue weighted by Gasteiger charge is 2.59. The van der Waals surface area contributed by atoms with Crippen molar-refractivity contribution in [1.82, 2.24) is 4.90 Å². The lowest BCUT2D eigenvalue weighted by atomic mass is 10.1. The molecule has 2 aliphatic heterocycles. The molecule has 0 saturated carbocycles. The highest BCUT2D eigenvalue weighted by Crippen LogP contribution is 2.54. The zero-order valence-electron chi connectivity index (χ0n) is 15.2. The first-order valence-corrected chi connectivity index (χ1v) is 10.1. The van der Waals surface area contributed by atoms with Gasteiger partial charge >= 0.3 is 0 Å². The van der Waals surface area contributed by atoms with Crippen LogP contribution < -0.4 is 4.90 Å². The van der Waals surface area contributed by atoms with Gasteiger partial charge in [0, 0.05) is 30.0 Å². The first-order chi connectivity index (χ1) is 13.5. The van der Waals surface area contributed by atoms with Crippen LogP contribution in [0.25, 0.3) is 0 Å². The van der Waals surface area contributed by atoms with E-state index in [2.05, 4.69) is 0 Å². The molecule has 2 aromatic carbocycles. The van der Waals surface area contributed by atoms with Crippen molar-refractivity contribution in [3.05, 3.63) is 64.4 Å². The van der Waals surface area contributed by atoms with E-state index >= 15 is 0 Å². The topological polar surface area (TPSA) is 49.9 Å². The van der Waals surface area contributed by atoms with E-state index in [-0.39, 0.29) is 25.0 Å². The fraction of sp³-hybridized carbons (Fsp3) is 0.300. The van der Waals surface area contributed by atoms with Crippen LogP contribution in [0.1, 0.15) is 11.1 Å². The molecule has 1 spiro atoms. The van der Waals surface area contributed by atoms with E-state index in [9.17, 15) is 14.0 Å². The van der Waals surface area contributed by atoms with Gasteiger partial charge in [0.2, 0.25) is 5.91 Å². The van der Waals surface area contributed by atoms with Gasteiger partial charge in [0.25, 0.3) is 5.91 Å². The molecule has 5 nitrogen and oxygen atoms in total. The molecule has 28 heavy (non-hydrogen) atoms. The molecule has 0 bridgehead atoms. The summed E-state index contributed by atoms with van der Waals surface area (Å²) in [5, 5.41) is 0.548. The Morgan fingerprint density at radius 2 is 2.11 bits per heavy atom. The summed E-state index contributed by atoms with van der Waals surface area (Å²) in [5.74, 6) is -0.426. The summed E-state index contributed by atoms with van der Waals surface area (Å²) in [5.41, 5.74) is 1.87. The van der Waals surface area contributed by atoms with Crippen LogP contribution in [0, 0.1) is 5.82 Å². The number of carbonyl (C=O) groups is 2. The minimum Gasteiger partial charge on any atom is -0.375 e. The Hall–Kier alpha value is -2.09. The summed E-state index contributed by atoms with van der Waals surface area (Å²) >= 11 is 7.64. The minimum absolute atomic E-state index is 0.134. The van der Waals surface area contributed by atoms with E-state index < -0.39 is 10.7 Å².